The summed E-state index contributed by atoms with van der Waals surface area (Å²) in [6.45, 7) is 6.23. The van der Waals surface area contributed by atoms with Crippen LogP contribution in [0.15, 0.2) is 39.6 Å². The Hall–Kier alpha value is -1.14. The van der Waals surface area contributed by atoms with E-state index in [1.54, 1.807) is 17.6 Å². The van der Waals surface area contributed by atoms with Crippen molar-refractivity contribution in [1.29, 1.82) is 0 Å². The third-order valence-corrected chi connectivity index (χ3v) is 6.11. The second-order valence-corrected chi connectivity index (χ2v) is 8.01. The van der Waals surface area contributed by atoms with Crippen LogP contribution < -0.4 is 0 Å². The van der Waals surface area contributed by atoms with E-state index in [1.165, 1.54) is 25.1 Å². The molecule has 130 valence electrons. The van der Waals surface area contributed by atoms with Crippen molar-refractivity contribution < 1.29 is 9.15 Å². The highest BCUT2D eigenvalue weighted by Gasteiger charge is 2.41. The van der Waals surface area contributed by atoms with Gasteiger partial charge in [-0.2, -0.15) is 11.3 Å². The van der Waals surface area contributed by atoms with Crippen LogP contribution in [0.4, 0.5) is 0 Å². The summed E-state index contributed by atoms with van der Waals surface area (Å²) in [5, 5.41) is 4.44. The minimum Gasteiger partial charge on any atom is -0.468 e. The SMILES string of the molecule is CN(Cc1ccco1)C[C@@H]1OC[C@H]2CCN(Cc3ccsc3)C[C@H]21. The molecular formula is C19H26N2O2S. The number of nitrogens with zero attached hydrogens (tertiary/aromatic N) is 2. The van der Waals surface area contributed by atoms with Crippen LogP contribution in [0, 0.1) is 11.8 Å². The van der Waals surface area contributed by atoms with Crippen LogP contribution in [0.5, 0.6) is 0 Å². The van der Waals surface area contributed by atoms with E-state index in [4.69, 9.17) is 9.15 Å². The van der Waals surface area contributed by atoms with Crippen LogP contribution in [0.25, 0.3) is 0 Å². The van der Waals surface area contributed by atoms with Crippen molar-refractivity contribution in [1.82, 2.24) is 9.80 Å². The molecule has 4 heterocycles. The van der Waals surface area contributed by atoms with Crippen LogP contribution >= 0.6 is 11.3 Å². The van der Waals surface area contributed by atoms with E-state index in [1.807, 2.05) is 12.1 Å². The Balaban J connectivity index is 1.33. The third-order valence-electron chi connectivity index (χ3n) is 5.38. The van der Waals surface area contributed by atoms with E-state index >= 15 is 0 Å². The normalized spacial score (nSPS) is 27.7. The van der Waals surface area contributed by atoms with Gasteiger partial charge in [-0.1, -0.05) is 0 Å². The summed E-state index contributed by atoms with van der Waals surface area (Å²) in [7, 11) is 2.16. The molecule has 0 aliphatic carbocycles. The minimum atomic E-state index is 0.347. The van der Waals surface area contributed by atoms with Crippen LogP contribution in [0.2, 0.25) is 0 Å². The van der Waals surface area contributed by atoms with Gasteiger partial charge in [0.25, 0.3) is 0 Å². The molecule has 2 aromatic heterocycles. The second kappa shape index (κ2) is 7.40. The predicted octanol–water partition coefficient (Wildman–Crippen LogP) is 3.31. The van der Waals surface area contributed by atoms with Gasteiger partial charge in [0, 0.05) is 25.6 Å². The van der Waals surface area contributed by atoms with Crippen molar-refractivity contribution in [3.63, 3.8) is 0 Å². The fraction of sp³-hybridized carbons (Fsp3) is 0.579. The number of likely N-dealkylation sites (tertiary alicyclic amines) is 1. The standard InChI is InChI=1S/C19H26N2O2S/c1-20(10-17-3-2-7-22-17)12-19-18-11-21(6-4-16(18)13-23-19)9-15-5-8-24-14-15/h2-3,5,7-8,14,16,18-19H,4,6,9-13H2,1H3/t16-,18-,19+/m1/s1. The van der Waals surface area contributed by atoms with Crippen molar-refractivity contribution >= 4 is 11.3 Å². The zero-order chi connectivity index (χ0) is 16.4. The molecule has 5 heteroatoms. The van der Waals surface area contributed by atoms with Gasteiger partial charge in [-0.15, -0.1) is 0 Å². The van der Waals surface area contributed by atoms with E-state index in [0.717, 1.165) is 37.9 Å². The Morgan fingerprint density at radius 3 is 3.12 bits per heavy atom. The summed E-state index contributed by atoms with van der Waals surface area (Å²) >= 11 is 1.79. The number of rotatable bonds is 6. The van der Waals surface area contributed by atoms with E-state index < -0.39 is 0 Å². The Morgan fingerprint density at radius 1 is 1.38 bits per heavy atom. The molecule has 0 radical (unpaired) electrons. The smallest absolute Gasteiger partial charge is 0.117 e. The van der Waals surface area contributed by atoms with E-state index in [-0.39, 0.29) is 0 Å². The highest BCUT2D eigenvalue weighted by atomic mass is 32.1. The Morgan fingerprint density at radius 2 is 2.33 bits per heavy atom. The number of hydrogen-bond donors (Lipinski definition) is 0. The molecule has 0 aromatic carbocycles. The number of hydrogen-bond acceptors (Lipinski definition) is 5. The van der Waals surface area contributed by atoms with Gasteiger partial charge in [-0.3, -0.25) is 9.80 Å². The molecular weight excluding hydrogens is 320 g/mol. The average Bonchev–Trinajstić information content (AvgIpc) is 3.31. The zero-order valence-electron chi connectivity index (χ0n) is 14.3. The lowest BCUT2D eigenvalue weighted by Crippen LogP contribution is -2.44. The maximum Gasteiger partial charge on any atom is 0.117 e. The summed E-state index contributed by atoms with van der Waals surface area (Å²) in [6, 6.07) is 6.24. The van der Waals surface area contributed by atoms with Crippen molar-refractivity contribution in [2.24, 2.45) is 11.8 Å². The summed E-state index contributed by atoms with van der Waals surface area (Å²) in [5.41, 5.74) is 1.45. The molecule has 0 unspecified atom stereocenters. The van der Waals surface area contributed by atoms with Crippen LogP contribution in [0.1, 0.15) is 17.7 Å². The van der Waals surface area contributed by atoms with Crippen molar-refractivity contribution in [3.8, 4) is 0 Å². The molecule has 2 fully saturated rings. The monoisotopic (exact) mass is 346 g/mol. The van der Waals surface area contributed by atoms with Gasteiger partial charge < -0.3 is 9.15 Å². The molecule has 2 aliphatic rings. The second-order valence-electron chi connectivity index (χ2n) is 7.23. The lowest BCUT2D eigenvalue weighted by molar-refractivity contribution is 0.0459. The first kappa shape index (κ1) is 16.3. The highest BCUT2D eigenvalue weighted by Crippen LogP contribution is 2.35. The fourth-order valence-corrected chi connectivity index (χ4v) is 4.77. The average molecular weight is 346 g/mol. The first-order chi connectivity index (χ1) is 11.8. The van der Waals surface area contributed by atoms with Crippen LogP contribution in [-0.4, -0.2) is 49.2 Å². The van der Waals surface area contributed by atoms with Gasteiger partial charge in [0.05, 0.1) is 25.5 Å². The highest BCUT2D eigenvalue weighted by molar-refractivity contribution is 7.07. The number of likely N-dealkylation sites (N-methyl/N-ethyl adjacent to an activating group) is 1. The van der Waals surface area contributed by atoms with Crippen molar-refractivity contribution in [2.75, 3.05) is 33.3 Å². The van der Waals surface area contributed by atoms with E-state index in [9.17, 15) is 0 Å². The van der Waals surface area contributed by atoms with Gasteiger partial charge in [0.15, 0.2) is 0 Å². The molecule has 0 amide bonds. The molecule has 4 rings (SSSR count). The summed E-state index contributed by atoms with van der Waals surface area (Å²) in [4.78, 5) is 4.93. The largest absolute Gasteiger partial charge is 0.468 e. The summed E-state index contributed by atoms with van der Waals surface area (Å²) < 4.78 is 11.6. The molecule has 0 saturated carbocycles. The summed E-state index contributed by atoms with van der Waals surface area (Å²) in [6.07, 6.45) is 3.36. The summed E-state index contributed by atoms with van der Waals surface area (Å²) in [5.74, 6) is 2.43. The number of piperidine rings is 1. The number of furan rings is 1. The lowest BCUT2D eigenvalue weighted by Gasteiger charge is -2.36. The maximum atomic E-state index is 6.18. The Bertz CT molecular complexity index is 613. The molecule has 0 bridgehead atoms. The number of thiophene rings is 1. The molecule has 2 saturated heterocycles. The van der Waals surface area contributed by atoms with Crippen LogP contribution in [-0.2, 0) is 17.8 Å². The molecule has 0 N–H and O–H groups in total. The van der Waals surface area contributed by atoms with Gasteiger partial charge >= 0.3 is 0 Å². The first-order valence-corrected chi connectivity index (χ1v) is 9.78. The van der Waals surface area contributed by atoms with Crippen LogP contribution in [0.3, 0.4) is 0 Å². The Labute approximate surface area is 148 Å². The maximum absolute atomic E-state index is 6.18. The van der Waals surface area contributed by atoms with Gasteiger partial charge in [-0.05, 0) is 60.5 Å². The van der Waals surface area contributed by atoms with Gasteiger partial charge in [0.1, 0.15) is 5.76 Å². The lowest BCUT2D eigenvalue weighted by atomic mass is 9.84. The van der Waals surface area contributed by atoms with E-state index in [2.05, 4.69) is 33.7 Å². The minimum absolute atomic E-state index is 0.347. The topological polar surface area (TPSA) is 28.9 Å². The fourth-order valence-electron chi connectivity index (χ4n) is 4.11. The zero-order valence-corrected chi connectivity index (χ0v) is 15.1. The van der Waals surface area contributed by atoms with E-state index in [0.29, 0.717) is 12.0 Å². The first-order valence-electron chi connectivity index (χ1n) is 8.84. The molecule has 24 heavy (non-hydrogen) atoms. The number of fused-ring (bicyclic) bond motifs is 1. The van der Waals surface area contributed by atoms with Crippen molar-refractivity contribution in [2.45, 2.75) is 25.6 Å². The molecule has 3 atom stereocenters. The predicted molar refractivity (Wildman–Crippen MR) is 96.0 cm³/mol. The van der Waals surface area contributed by atoms with Gasteiger partial charge in [0.2, 0.25) is 0 Å². The quantitative estimate of drug-likeness (QED) is 0.802. The van der Waals surface area contributed by atoms with Crippen molar-refractivity contribution in [3.05, 3.63) is 46.5 Å². The third kappa shape index (κ3) is 3.75. The van der Waals surface area contributed by atoms with Gasteiger partial charge in [-0.25, -0.2) is 0 Å². The molecule has 4 nitrogen and oxygen atoms in total. The molecule has 0 spiro atoms. The number of ether oxygens (including phenoxy) is 1. The molecule has 2 aromatic rings. The molecule has 2 aliphatic heterocycles. The Kier molecular flexibility index (Phi) is 5.03.